The van der Waals surface area contributed by atoms with Gasteiger partial charge in [0.25, 0.3) is 0 Å². The van der Waals surface area contributed by atoms with E-state index < -0.39 is 0 Å². The molecule has 0 radical (unpaired) electrons. The van der Waals surface area contributed by atoms with Gasteiger partial charge in [-0.3, -0.25) is 9.59 Å². The summed E-state index contributed by atoms with van der Waals surface area (Å²) in [6.45, 7) is 0. The molecule has 0 saturated heterocycles. The number of carbonyl (C=O) groups excluding carboxylic acids is 2. The summed E-state index contributed by atoms with van der Waals surface area (Å²) in [6, 6.07) is 0. The Morgan fingerprint density at radius 2 is 1.38 bits per heavy atom. The lowest BCUT2D eigenvalue weighted by molar-refractivity contribution is -0.135. The third-order valence-electron chi connectivity index (χ3n) is 1.08. The van der Waals surface area contributed by atoms with E-state index in [-0.39, 0.29) is 11.6 Å². The van der Waals surface area contributed by atoms with E-state index >= 15 is 0 Å². The average molecular weight is 110 g/mol. The molecule has 2 nitrogen and oxygen atoms in total. The van der Waals surface area contributed by atoms with Crippen LogP contribution in [0, 0.1) is 0 Å². The monoisotopic (exact) mass is 110 g/mol. The van der Waals surface area contributed by atoms with Gasteiger partial charge in [-0.2, -0.15) is 0 Å². The van der Waals surface area contributed by atoms with E-state index in [9.17, 15) is 9.59 Å². The Labute approximate surface area is 47.2 Å². The minimum atomic E-state index is -0.257. The van der Waals surface area contributed by atoms with Crippen LogP contribution >= 0.6 is 0 Å². The number of Topliss-reactive ketones (excluding diaryl/α,β-unsaturated/α-hetero) is 2. The van der Waals surface area contributed by atoms with E-state index in [0.29, 0.717) is 12.8 Å². The van der Waals surface area contributed by atoms with Crippen LogP contribution < -0.4 is 0 Å². The molecular formula is C6H6O2. The van der Waals surface area contributed by atoms with Gasteiger partial charge in [-0.05, 0) is 0 Å². The van der Waals surface area contributed by atoms with E-state index in [1.807, 2.05) is 0 Å². The van der Waals surface area contributed by atoms with Crippen LogP contribution in [0.25, 0.3) is 0 Å². The molecule has 42 valence electrons. The lowest BCUT2D eigenvalue weighted by atomic mass is 10.1. The van der Waals surface area contributed by atoms with Gasteiger partial charge in [-0.25, -0.2) is 0 Å². The molecule has 0 fully saturated rings. The number of carbonyl (C=O) groups is 2. The van der Waals surface area contributed by atoms with Gasteiger partial charge in [0, 0.05) is 12.8 Å². The molecule has 0 spiro atoms. The van der Waals surface area contributed by atoms with Crippen molar-refractivity contribution in [1.82, 2.24) is 0 Å². The smallest absolute Gasteiger partial charge is 0.202 e. The van der Waals surface area contributed by atoms with Crippen LogP contribution in [0.3, 0.4) is 0 Å². The lowest BCUT2D eigenvalue weighted by Gasteiger charge is -1.96. The zero-order valence-electron chi connectivity index (χ0n) is 4.39. The van der Waals surface area contributed by atoms with Crippen molar-refractivity contribution in [3.63, 3.8) is 0 Å². The predicted molar refractivity (Wildman–Crippen MR) is 28.4 cm³/mol. The Hall–Kier alpha value is -0.920. The summed E-state index contributed by atoms with van der Waals surface area (Å²) in [4.78, 5) is 20.8. The number of hydrogen-bond donors (Lipinski definition) is 0. The summed E-state index contributed by atoms with van der Waals surface area (Å²) in [5, 5.41) is 0. The van der Waals surface area contributed by atoms with E-state index in [4.69, 9.17) is 0 Å². The van der Waals surface area contributed by atoms with E-state index in [1.54, 1.807) is 12.2 Å². The second-order valence-corrected chi connectivity index (χ2v) is 1.73. The van der Waals surface area contributed by atoms with Crippen molar-refractivity contribution < 1.29 is 9.59 Å². The van der Waals surface area contributed by atoms with Crippen LogP contribution in [-0.4, -0.2) is 11.6 Å². The summed E-state index contributed by atoms with van der Waals surface area (Å²) in [5.74, 6) is -0.514. The highest BCUT2D eigenvalue weighted by atomic mass is 16.2. The summed E-state index contributed by atoms with van der Waals surface area (Å²) in [5.41, 5.74) is 0. The molecule has 8 heavy (non-hydrogen) atoms. The fourth-order valence-electron chi connectivity index (χ4n) is 0.608. The molecule has 2 heteroatoms. The molecule has 0 N–H and O–H groups in total. The second-order valence-electron chi connectivity index (χ2n) is 1.73. The van der Waals surface area contributed by atoms with E-state index in [0.717, 1.165) is 0 Å². The van der Waals surface area contributed by atoms with Crippen molar-refractivity contribution in [1.29, 1.82) is 0 Å². The second kappa shape index (κ2) is 1.90. The lowest BCUT2D eigenvalue weighted by Crippen LogP contribution is -2.14. The first kappa shape index (κ1) is 5.22. The standard InChI is InChI=1S/C6H6O2/c7-5-3-1-2-4-6(5)8/h1-2H,3-4H2. The summed E-state index contributed by atoms with van der Waals surface area (Å²) < 4.78 is 0. The van der Waals surface area contributed by atoms with Crippen molar-refractivity contribution >= 4 is 11.6 Å². The topological polar surface area (TPSA) is 34.1 Å². The first-order valence-corrected chi connectivity index (χ1v) is 2.52. The molecule has 0 unspecified atom stereocenters. The molecular weight excluding hydrogens is 104 g/mol. The molecule has 0 aromatic carbocycles. The Morgan fingerprint density at radius 1 is 1.00 bits per heavy atom. The van der Waals surface area contributed by atoms with Gasteiger partial charge in [0.15, 0.2) is 0 Å². The molecule has 0 aliphatic heterocycles. The van der Waals surface area contributed by atoms with Crippen LogP contribution in [0.15, 0.2) is 12.2 Å². The molecule has 1 rings (SSSR count). The molecule has 0 amide bonds. The first-order chi connectivity index (χ1) is 3.80. The SMILES string of the molecule is O=C1CC=CCC1=O. The van der Waals surface area contributed by atoms with Gasteiger partial charge in [-0.15, -0.1) is 0 Å². The zero-order chi connectivity index (χ0) is 5.98. The number of allylic oxidation sites excluding steroid dienone is 2. The number of rotatable bonds is 0. The molecule has 0 saturated carbocycles. The van der Waals surface area contributed by atoms with Gasteiger partial charge >= 0.3 is 0 Å². The number of hydrogen-bond acceptors (Lipinski definition) is 2. The number of ketones is 2. The van der Waals surface area contributed by atoms with Crippen LogP contribution in [0.2, 0.25) is 0 Å². The maximum atomic E-state index is 10.4. The van der Waals surface area contributed by atoms with Crippen molar-refractivity contribution in [2.75, 3.05) is 0 Å². The third-order valence-corrected chi connectivity index (χ3v) is 1.08. The Balaban J connectivity index is 2.71. The van der Waals surface area contributed by atoms with Crippen LogP contribution in [0.4, 0.5) is 0 Å². The quantitative estimate of drug-likeness (QED) is 0.335. The van der Waals surface area contributed by atoms with Crippen LogP contribution in [0.5, 0.6) is 0 Å². The molecule has 0 bridgehead atoms. The Morgan fingerprint density at radius 3 is 1.62 bits per heavy atom. The van der Waals surface area contributed by atoms with Crippen molar-refractivity contribution in [3.05, 3.63) is 12.2 Å². The van der Waals surface area contributed by atoms with Gasteiger partial charge in [0.2, 0.25) is 11.6 Å². The van der Waals surface area contributed by atoms with E-state index in [1.165, 1.54) is 0 Å². The highest BCUT2D eigenvalue weighted by molar-refractivity contribution is 6.38. The Bertz CT molecular complexity index is 138. The zero-order valence-corrected chi connectivity index (χ0v) is 4.39. The van der Waals surface area contributed by atoms with Crippen molar-refractivity contribution in [3.8, 4) is 0 Å². The summed E-state index contributed by atoms with van der Waals surface area (Å²) in [7, 11) is 0. The fraction of sp³-hybridized carbons (Fsp3) is 0.333. The Kier molecular flexibility index (Phi) is 1.24. The van der Waals surface area contributed by atoms with Crippen LogP contribution in [0.1, 0.15) is 12.8 Å². The van der Waals surface area contributed by atoms with Crippen molar-refractivity contribution in [2.45, 2.75) is 12.8 Å². The maximum Gasteiger partial charge on any atom is 0.202 e. The summed E-state index contributed by atoms with van der Waals surface area (Å²) in [6.07, 6.45) is 4.06. The maximum absolute atomic E-state index is 10.4. The predicted octanol–water partition coefficient (Wildman–Crippen LogP) is 0.475. The molecule has 0 aromatic heterocycles. The largest absolute Gasteiger partial charge is 0.291 e. The molecule has 0 aromatic rings. The highest BCUT2D eigenvalue weighted by Gasteiger charge is 2.12. The normalized spacial score (nSPS) is 19.5. The van der Waals surface area contributed by atoms with Gasteiger partial charge in [-0.1, -0.05) is 12.2 Å². The molecule has 1 aliphatic rings. The average Bonchev–Trinajstić information content (AvgIpc) is 1.77. The first-order valence-electron chi connectivity index (χ1n) is 2.52. The van der Waals surface area contributed by atoms with Gasteiger partial charge in [0.1, 0.15) is 0 Å². The van der Waals surface area contributed by atoms with Gasteiger partial charge in [0.05, 0.1) is 0 Å². The highest BCUT2D eigenvalue weighted by Crippen LogP contribution is 2.00. The van der Waals surface area contributed by atoms with Crippen molar-refractivity contribution in [2.24, 2.45) is 0 Å². The minimum absolute atomic E-state index is 0.257. The fourth-order valence-corrected chi connectivity index (χ4v) is 0.608. The van der Waals surface area contributed by atoms with Crippen LogP contribution in [-0.2, 0) is 9.59 Å². The van der Waals surface area contributed by atoms with Gasteiger partial charge < -0.3 is 0 Å². The van der Waals surface area contributed by atoms with E-state index in [2.05, 4.69) is 0 Å². The molecule has 0 atom stereocenters. The summed E-state index contributed by atoms with van der Waals surface area (Å²) >= 11 is 0. The molecule has 0 heterocycles. The third kappa shape index (κ3) is 0.832. The minimum Gasteiger partial charge on any atom is -0.291 e. The molecule has 1 aliphatic carbocycles.